The van der Waals surface area contributed by atoms with Crippen molar-refractivity contribution < 1.29 is 0 Å². The first-order valence-corrected chi connectivity index (χ1v) is 9.97. The molecular weight excluding hydrogens is 368 g/mol. The highest BCUT2D eigenvalue weighted by atomic mass is 16.2. The monoisotopic (exact) mass is 396 g/mol. The molecule has 0 bridgehead atoms. The lowest BCUT2D eigenvalue weighted by atomic mass is 10.1. The zero-order valence-electron chi connectivity index (χ0n) is 17.6. The van der Waals surface area contributed by atoms with Crippen LogP contribution in [0, 0.1) is 6.92 Å². The van der Waals surface area contributed by atoms with Crippen molar-refractivity contribution in [3.8, 4) is 0 Å². The van der Waals surface area contributed by atoms with Gasteiger partial charge in [-0.25, -0.2) is 9.78 Å². The number of aryl methyl sites for hydroxylation is 2. The molecule has 4 rings (SSSR count). The standard InChI is InChI=1S/C21H28N6O2/c1-15-7-5-6-8-16(15)13-27-17(14-26-11-9-23(2)10-12-26)22-19-18(27)20(28)25(4)21(29)24(19)3/h5-8H,9-14H2,1-4H3. The molecule has 1 aromatic carbocycles. The van der Waals surface area contributed by atoms with Gasteiger partial charge in [-0.3, -0.25) is 18.8 Å². The van der Waals surface area contributed by atoms with Crippen molar-refractivity contribution in [2.45, 2.75) is 20.0 Å². The zero-order chi connectivity index (χ0) is 20.7. The number of fused-ring (bicyclic) bond motifs is 1. The number of aromatic nitrogens is 4. The van der Waals surface area contributed by atoms with Gasteiger partial charge >= 0.3 is 5.69 Å². The molecule has 1 fully saturated rings. The van der Waals surface area contributed by atoms with Crippen molar-refractivity contribution in [2.75, 3.05) is 33.2 Å². The highest BCUT2D eigenvalue weighted by Gasteiger charge is 2.22. The van der Waals surface area contributed by atoms with Crippen LogP contribution in [0.2, 0.25) is 0 Å². The van der Waals surface area contributed by atoms with Crippen molar-refractivity contribution in [1.29, 1.82) is 0 Å². The molecule has 0 aliphatic carbocycles. The summed E-state index contributed by atoms with van der Waals surface area (Å²) in [6.45, 7) is 7.23. The van der Waals surface area contributed by atoms with E-state index in [2.05, 4.69) is 35.9 Å². The Kier molecular flexibility index (Phi) is 5.14. The number of hydrogen-bond acceptors (Lipinski definition) is 5. The van der Waals surface area contributed by atoms with E-state index in [9.17, 15) is 9.59 Å². The average Bonchev–Trinajstić information content (AvgIpc) is 3.06. The summed E-state index contributed by atoms with van der Waals surface area (Å²) in [6.07, 6.45) is 0. The fourth-order valence-corrected chi connectivity index (χ4v) is 3.95. The van der Waals surface area contributed by atoms with E-state index in [0.717, 1.165) is 42.1 Å². The van der Waals surface area contributed by atoms with E-state index in [0.29, 0.717) is 24.3 Å². The Morgan fingerprint density at radius 2 is 1.62 bits per heavy atom. The fourth-order valence-electron chi connectivity index (χ4n) is 3.95. The summed E-state index contributed by atoms with van der Waals surface area (Å²) in [5, 5.41) is 0. The minimum absolute atomic E-state index is 0.297. The molecule has 0 radical (unpaired) electrons. The maximum Gasteiger partial charge on any atom is 0.332 e. The average molecular weight is 396 g/mol. The molecule has 3 heterocycles. The number of likely N-dealkylation sites (N-methyl/N-ethyl adjacent to an activating group) is 1. The Morgan fingerprint density at radius 1 is 0.931 bits per heavy atom. The first-order valence-electron chi connectivity index (χ1n) is 9.97. The van der Waals surface area contributed by atoms with Gasteiger partial charge in [-0.1, -0.05) is 24.3 Å². The summed E-state index contributed by atoms with van der Waals surface area (Å²) in [6, 6.07) is 8.17. The van der Waals surface area contributed by atoms with Gasteiger partial charge in [-0.05, 0) is 25.1 Å². The van der Waals surface area contributed by atoms with Crippen molar-refractivity contribution in [3.63, 3.8) is 0 Å². The summed E-state index contributed by atoms with van der Waals surface area (Å²) in [4.78, 5) is 34.9. The van der Waals surface area contributed by atoms with Crippen LogP contribution in [0.5, 0.6) is 0 Å². The molecule has 1 aliphatic rings. The molecule has 8 heteroatoms. The minimum Gasteiger partial charge on any atom is -0.317 e. The van der Waals surface area contributed by atoms with E-state index >= 15 is 0 Å². The Hall–Kier alpha value is -2.71. The van der Waals surface area contributed by atoms with Crippen LogP contribution in [0.25, 0.3) is 11.2 Å². The van der Waals surface area contributed by atoms with Crippen LogP contribution in [-0.2, 0) is 27.2 Å². The lowest BCUT2D eigenvalue weighted by Gasteiger charge is -2.32. The maximum atomic E-state index is 13.0. The van der Waals surface area contributed by atoms with Crippen molar-refractivity contribution >= 4 is 11.2 Å². The Bertz CT molecular complexity index is 1160. The predicted octanol–water partition coefficient (Wildman–Crippen LogP) is 0.538. The van der Waals surface area contributed by atoms with Gasteiger partial charge in [0.2, 0.25) is 0 Å². The molecule has 3 aromatic rings. The first kappa shape index (κ1) is 19.6. The van der Waals surface area contributed by atoms with Crippen LogP contribution in [0.1, 0.15) is 17.0 Å². The molecule has 2 aromatic heterocycles. The first-order chi connectivity index (χ1) is 13.9. The van der Waals surface area contributed by atoms with Crippen LogP contribution in [0.15, 0.2) is 33.9 Å². The van der Waals surface area contributed by atoms with E-state index in [1.165, 1.54) is 17.2 Å². The second kappa shape index (κ2) is 7.61. The molecule has 8 nitrogen and oxygen atoms in total. The maximum absolute atomic E-state index is 13.0. The van der Waals surface area contributed by atoms with Gasteiger partial charge in [0.1, 0.15) is 5.82 Å². The second-order valence-corrected chi connectivity index (χ2v) is 8.00. The molecule has 0 atom stereocenters. The molecule has 1 saturated heterocycles. The third kappa shape index (κ3) is 3.54. The Morgan fingerprint density at radius 3 is 2.31 bits per heavy atom. The van der Waals surface area contributed by atoms with E-state index in [-0.39, 0.29) is 11.2 Å². The van der Waals surface area contributed by atoms with Gasteiger partial charge < -0.3 is 9.47 Å². The lowest BCUT2D eigenvalue weighted by Crippen LogP contribution is -2.44. The van der Waals surface area contributed by atoms with E-state index in [4.69, 9.17) is 4.98 Å². The third-order valence-electron chi connectivity index (χ3n) is 5.98. The number of hydrogen-bond donors (Lipinski definition) is 0. The molecule has 0 spiro atoms. The third-order valence-corrected chi connectivity index (χ3v) is 5.98. The van der Waals surface area contributed by atoms with Crippen LogP contribution >= 0.6 is 0 Å². The topological polar surface area (TPSA) is 68.3 Å². The summed E-state index contributed by atoms with van der Waals surface area (Å²) >= 11 is 0. The van der Waals surface area contributed by atoms with Gasteiger partial charge in [0.05, 0.1) is 6.54 Å². The van der Waals surface area contributed by atoms with E-state index in [1.54, 1.807) is 7.05 Å². The zero-order valence-corrected chi connectivity index (χ0v) is 17.6. The predicted molar refractivity (Wildman–Crippen MR) is 113 cm³/mol. The quantitative estimate of drug-likeness (QED) is 0.644. The Balaban J connectivity index is 1.86. The van der Waals surface area contributed by atoms with Gasteiger partial charge in [-0.15, -0.1) is 0 Å². The molecule has 1 aliphatic heterocycles. The van der Waals surface area contributed by atoms with Crippen LogP contribution < -0.4 is 11.2 Å². The summed E-state index contributed by atoms with van der Waals surface area (Å²) in [5.74, 6) is 0.825. The SMILES string of the molecule is Cc1ccccc1Cn1c(CN2CCN(C)CC2)nc2c1c(=O)n(C)c(=O)n2C. The molecule has 0 amide bonds. The molecule has 0 saturated carbocycles. The van der Waals surface area contributed by atoms with Crippen molar-refractivity contribution in [1.82, 2.24) is 28.5 Å². The van der Waals surface area contributed by atoms with Gasteiger partial charge in [0.15, 0.2) is 11.2 Å². The molecular formula is C21H28N6O2. The van der Waals surface area contributed by atoms with Crippen LogP contribution in [-0.4, -0.2) is 61.7 Å². The molecule has 154 valence electrons. The normalized spacial score (nSPS) is 16.0. The molecule has 0 N–H and O–H groups in total. The smallest absolute Gasteiger partial charge is 0.317 e. The number of piperazine rings is 1. The van der Waals surface area contributed by atoms with Crippen molar-refractivity contribution in [3.05, 3.63) is 62.1 Å². The largest absolute Gasteiger partial charge is 0.332 e. The second-order valence-electron chi connectivity index (χ2n) is 8.00. The highest BCUT2D eigenvalue weighted by molar-refractivity contribution is 5.71. The number of nitrogens with zero attached hydrogens (tertiary/aromatic N) is 6. The molecule has 0 unspecified atom stereocenters. The summed E-state index contributed by atoms with van der Waals surface area (Å²) in [5.41, 5.74) is 2.60. The van der Waals surface area contributed by atoms with Crippen molar-refractivity contribution in [2.24, 2.45) is 14.1 Å². The summed E-state index contributed by atoms with van der Waals surface area (Å²) in [7, 11) is 5.33. The Labute approximate surface area is 169 Å². The van der Waals surface area contributed by atoms with E-state index < -0.39 is 0 Å². The van der Waals surface area contributed by atoms with Gasteiger partial charge in [-0.2, -0.15) is 0 Å². The molecule has 29 heavy (non-hydrogen) atoms. The van der Waals surface area contributed by atoms with E-state index in [1.807, 2.05) is 16.7 Å². The lowest BCUT2D eigenvalue weighted by molar-refractivity contribution is 0.144. The minimum atomic E-state index is -0.353. The van der Waals surface area contributed by atoms with Crippen LogP contribution in [0.4, 0.5) is 0 Å². The summed E-state index contributed by atoms with van der Waals surface area (Å²) < 4.78 is 4.63. The van der Waals surface area contributed by atoms with Crippen LogP contribution in [0.3, 0.4) is 0 Å². The number of benzene rings is 1. The number of rotatable bonds is 4. The van der Waals surface area contributed by atoms with Gasteiger partial charge in [0, 0.05) is 46.8 Å². The number of imidazole rings is 1. The highest BCUT2D eigenvalue weighted by Crippen LogP contribution is 2.18. The fraction of sp³-hybridized carbons (Fsp3) is 0.476. The van der Waals surface area contributed by atoms with Gasteiger partial charge in [0.25, 0.3) is 5.56 Å².